The number of aromatic nitrogens is 1. The van der Waals surface area contributed by atoms with Gasteiger partial charge in [0.2, 0.25) is 65.0 Å². The minimum atomic E-state index is -1.71. The number of aromatic amines is 1. The third kappa shape index (κ3) is 25.4. The molecule has 4 rings (SSSR count). The largest absolute Gasteiger partial charge is 0.391 e. The van der Waals surface area contributed by atoms with Gasteiger partial charge in [-0.05, 0) is 109 Å². The van der Waals surface area contributed by atoms with E-state index in [0.29, 0.717) is 28.5 Å². The van der Waals surface area contributed by atoms with Crippen LogP contribution in [0.4, 0.5) is 0 Å². The molecular formula is C60H96ClN17O13. The minimum Gasteiger partial charge on any atom is -0.391 e. The van der Waals surface area contributed by atoms with Gasteiger partial charge >= 0.3 is 0 Å². The fraction of sp³-hybridized carbons (Fsp3) is 0.583. The molecule has 1 aromatic heterocycles. The number of unbranched alkanes of at least 4 members (excludes halogenated alkanes) is 4. The second-order valence-electron chi connectivity index (χ2n) is 22.4. The molecule has 30 nitrogen and oxygen atoms in total. The summed E-state index contributed by atoms with van der Waals surface area (Å²) in [6, 6.07) is 0.553. The van der Waals surface area contributed by atoms with E-state index in [9.17, 15) is 63.0 Å². The lowest BCUT2D eigenvalue weighted by atomic mass is 10.0. The highest BCUT2D eigenvalue weighted by molar-refractivity contribution is 5.99. The van der Waals surface area contributed by atoms with Crippen molar-refractivity contribution in [1.29, 1.82) is 0 Å². The zero-order valence-corrected chi connectivity index (χ0v) is 52.8. The zero-order valence-electron chi connectivity index (χ0n) is 52.0. The highest BCUT2D eigenvalue weighted by Gasteiger charge is 2.38. The number of halogens is 1. The molecule has 3 aromatic rings. The van der Waals surface area contributed by atoms with E-state index in [-0.39, 0.29) is 96.5 Å². The number of para-hydroxylation sites is 1. The molecule has 1 saturated heterocycles. The maximum atomic E-state index is 14.8. The van der Waals surface area contributed by atoms with Gasteiger partial charge in [0.15, 0.2) is 0 Å². The van der Waals surface area contributed by atoms with Gasteiger partial charge in [-0.25, -0.2) is 0 Å². The van der Waals surface area contributed by atoms with Crippen molar-refractivity contribution < 1.29 is 63.0 Å². The van der Waals surface area contributed by atoms with Crippen LogP contribution < -0.4 is 87.2 Å². The van der Waals surface area contributed by atoms with Gasteiger partial charge in [0.1, 0.15) is 60.4 Å². The van der Waals surface area contributed by atoms with E-state index < -0.39 is 151 Å². The number of aliphatic hydroxyl groups is 2. The maximum Gasteiger partial charge on any atom is 0.245 e. The van der Waals surface area contributed by atoms with Crippen molar-refractivity contribution >= 4 is 88.3 Å². The lowest BCUT2D eigenvalue weighted by molar-refractivity contribution is -0.137. The Kier molecular flexibility index (Phi) is 34.7. The quantitative estimate of drug-likeness (QED) is 0.0292. The minimum absolute atomic E-state index is 0. The molecule has 0 unspecified atom stereocenters. The normalized spacial score (nSPS) is 21.6. The molecule has 11 amide bonds. The second kappa shape index (κ2) is 40.8. The van der Waals surface area contributed by atoms with Crippen LogP contribution in [0.1, 0.15) is 109 Å². The molecule has 1 aliphatic rings. The molecule has 24 N–H and O–H groups in total. The predicted octanol–water partition coefficient (Wildman–Crippen LogP) is -4.39. The number of fused-ring (bicyclic) bond motifs is 1. The van der Waals surface area contributed by atoms with Crippen molar-refractivity contribution in [3.05, 3.63) is 71.9 Å². The predicted molar refractivity (Wildman–Crippen MR) is 341 cm³/mol. The first-order valence-corrected chi connectivity index (χ1v) is 30.9. The van der Waals surface area contributed by atoms with Gasteiger partial charge in [-0.3, -0.25) is 52.7 Å². The first-order chi connectivity index (χ1) is 43.1. The number of carbonyl (C=O) groups excluding carboxylic acids is 11. The van der Waals surface area contributed by atoms with Crippen LogP contribution in [0.5, 0.6) is 0 Å². The first kappa shape index (κ1) is 77.4. The molecule has 1 fully saturated rings. The number of carbonyl (C=O) groups is 11. The Balaban J connectivity index is 0.0000216. The Hall–Kier alpha value is -7.84. The lowest BCUT2D eigenvalue weighted by Crippen LogP contribution is -2.62. The highest BCUT2D eigenvalue weighted by Crippen LogP contribution is 2.20. The summed E-state index contributed by atoms with van der Waals surface area (Å²) >= 11 is 0. The molecule has 1 aliphatic heterocycles. The summed E-state index contributed by atoms with van der Waals surface area (Å²) in [6.45, 7) is 3.21. The second-order valence-corrected chi connectivity index (χ2v) is 22.4. The Morgan fingerprint density at radius 1 is 0.560 bits per heavy atom. The van der Waals surface area contributed by atoms with E-state index in [1.54, 1.807) is 60.8 Å². The average Bonchev–Trinajstić information content (AvgIpc) is 1.83. The number of nitrogens with one attached hydrogen (secondary N) is 12. The lowest BCUT2D eigenvalue weighted by Gasteiger charge is -2.28. The Labute approximate surface area is 535 Å². The van der Waals surface area contributed by atoms with Gasteiger partial charge in [-0.1, -0.05) is 81.1 Å². The fourth-order valence-corrected chi connectivity index (χ4v) is 10.1. The molecule has 506 valence electrons. The number of rotatable bonds is 29. The molecule has 0 radical (unpaired) electrons. The number of aliphatic hydroxyl groups excluding tert-OH is 2. The van der Waals surface area contributed by atoms with Crippen molar-refractivity contribution in [1.82, 2.24) is 63.5 Å². The van der Waals surface area contributed by atoms with Crippen LogP contribution in [0.25, 0.3) is 10.9 Å². The molecule has 91 heavy (non-hydrogen) atoms. The Bertz CT molecular complexity index is 2850. The van der Waals surface area contributed by atoms with E-state index in [1.807, 2.05) is 0 Å². The topological polar surface area (TPSA) is 506 Å². The molecule has 0 aliphatic carbocycles. The average molecular weight is 1300 g/mol. The van der Waals surface area contributed by atoms with Gasteiger partial charge in [0.05, 0.1) is 12.2 Å². The van der Waals surface area contributed by atoms with Gasteiger partial charge in [0, 0.05) is 42.9 Å². The summed E-state index contributed by atoms with van der Waals surface area (Å²) in [5.74, 6) is -9.93. The maximum absolute atomic E-state index is 14.8. The van der Waals surface area contributed by atoms with Gasteiger partial charge in [-0.15, -0.1) is 12.4 Å². The summed E-state index contributed by atoms with van der Waals surface area (Å²) < 4.78 is 0. The number of nitrogens with two attached hydrogens (primary N) is 5. The third-order valence-electron chi connectivity index (χ3n) is 15.1. The van der Waals surface area contributed by atoms with Crippen molar-refractivity contribution in [2.24, 2.45) is 28.7 Å². The van der Waals surface area contributed by atoms with Crippen LogP contribution in [0.15, 0.2) is 60.8 Å². The number of benzene rings is 2. The Morgan fingerprint density at radius 3 is 1.62 bits per heavy atom. The molecule has 0 spiro atoms. The van der Waals surface area contributed by atoms with Crippen LogP contribution in [-0.2, 0) is 65.6 Å². The van der Waals surface area contributed by atoms with Gasteiger partial charge < -0.3 is 102 Å². The highest BCUT2D eigenvalue weighted by atomic mass is 35.5. The van der Waals surface area contributed by atoms with Crippen molar-refractivity contribution in [2.75, 3.05) is 39.3 Å². The zero-order chi connectivity index (χ0) is 66.3. The van der Waals surface area contributed by atoms with Crippen LogP contribution >= 0.6 is 12.4 Å². The van der Waals surface area contributed by atoms with Crippen molar-refractivity contribution in [3.63, 3.8) is 0 Å². The number of hydrogen-bond donors (Lipinski definition) is 19. The van der Waals surface area contributed by atoms with E-state index in [0.717, 1.165) is 25.7 Å². The molecule has 2 heterocycles. The number of amides is 11. The molecule has 0 bridgehead atoms. The van der Waals surface area contributed by atoms with Crippen molar-refractivity contribution in [2.45, 2.75) is 183 Å². The molecular weight excluding hydrogens is 1200 g/mol. The summed E-state index contributed by atoms with van der Waals surface area (Å²) in [5.41, 5.74) is 31.4. The van der Waals surface area contributed by atoms with Gasteiger partial charge in [0.25, 0.3) is 0 Å². The molecule has 0 saturated carbocycles. The Morgan fingerprint density at radius 2 is 1.07 bits per heavy atom. The number of hydrogen-bond acceptors (Lipinski definition) is 18. The molecule has 12 atom stereocenters. The SMILES string of the molecule is CCCCCCCC(=O)N[C@@H](CCN)C(=O)N[C@H](C(=O)N[C@@H](CCN)C(=O)N[C@H]1CCNC(=O)[C@H]([C@@H](C)O)NC(=O)[C@H](CCN)NC(=O)[C@H](CCN)NC(=O)[C@H](Cc2c[nH]c3ccccc23)NC(=O)[C@@H](Cc2ccccc2)NC(=O)[C@H](CCN)NC1=O)[C@@H](C)O.Cl. The van der Waals surface area contributed by atoms with Gasteiger partial charge in [-0.2, -0.15) is 0 Å². The standard InChI is InChI=1S/C60H95N17O13.ClH/c1-4-5-6-7-11-18-48(80)68-40(19-25-61)55(85)77-50(35(3)79)60(90)73-43(22-28-64)52(82)72-45-24-30-66-59(89)49(34(2)78)76-56(86)44(23-29-65)70-51(81)41(20-26-62)71-58(88)47(32-37-33-67-39-17-13-12-16-38(37)39)75-57(87)46(31-36-14-9-8-10-15-36)74-53(83)42(21-27-63)69-54(45)84;/h8-10,12-17,33-35,40-47,49-50,67,78-79H,4-7,11,18-32,61-65H2,1-3H3,(H,66,89)(H,68,80)(H,69,84)(H,70,81)(H,71,88)(H,72,82)(H,73,90)(H,74,83)(H,75,87)(H,76,86)(H,77,85);1H/t34-,35-,40+,41+,42+,43+,44+,45+,46-,47+,49+,50+;/m1./s1. The molecule has 31 heteroatoms. The van der Waals surface area contributed by atoms with Crippen molar-refractivity contribution in [3.8, 4) is 0 Å². The third-order valence-corrected chi connectivity index (χ3v) is 15.1. The fourth-order valence-electron chi connectivity index (χ4n) is 10.1. The number of H-pyrrole nitrogens is 1. The summed E-state index contributed by atoms with van der Waals surface area (Å²) in [6.07, 6.45) is 1.29. The van der Waals surface area contributed by atoms with Crippen LogP contribution in [0.2, 0.25) is 0 Å². The first-order valence-electron chi connectivity index (χ1n) is 30.9. The molecule has 2 aromatic carbocycles. The summed E-state index contributed by atoms with van der Waals surface area (Å²) in [7, 11) is 0. The van der Waals surface area contributed by atoms with Crippen LogP contribution in [0, 0.1) is 0 Å². The van der Waals surface area contributed by atoms with E-state index in [2.05, 4.69) is 70.4 Å². The van der Waals surface area contributed by atoms with Crippen LogP contribution in [-0.4, -0.2) is 192 Å². The van der Waals surface area contributed by atoms with E-state index in [1.165, 1.54) is 13.8 Å². The van der Waals surface area contributed by atoms with Crippen LogP contribution in [0.3, 0.4) is 0 Å². The van der Waals surface area contributed by atoms with E-state index >= 15 is 0 Å². The summed E-state index contributed by atoms with van der Waals surface area (Å²) in [4.78, 5) is 159. The van der Waals surface area contributed by atoms with E-state index in [4.69, 9.17) is 28.7 Å². The smallest absolute Gasteiger partial charge is 0.245 e. The monoisotopic (exact) mass is 1300 g/mol. The summed E-state index contributed by atoms with van der Waals surface area (Å²) in [5, 5.41) is 50.7.